The zero-order valence-corrected chi connectivity index (χ0v) is 16.4. The smallest absolute Gasteiger partial charge is 0.335 e. The van der Waals surface area contributed by atoms with Crippen molar-refractivity contribution < 1.29 is 19.8 Å². The van der Waals surface area contributed by atoms with Gasteiger partial charge in [-0.15, -0.1) is 0 Å². The Bertz CT molecular complexity index is 548. The van der Waals surface area contributed by atoms with Gasteiger partial charge in [-0.2, -0.15) is 25.3 Å². The van der Waals surface area contributed by atoms with Crippen molar-refractivity contribution in [3.05, 3.63) is 71.8 Å². The highest BCUT2D eigenvalue weighted by molar-refractivity contribution is 7.80. The zero-order valence-electron chi connectivity index (χ0n) is 14.6. The van der Waals surface area contributed by atoms with Gasteiger partial charge in [0.2, 0.25) is 0 Å². The minimum atomic E-state index is -0.879. The van der Waals surface area contributed by atoms with Crippen LogP contribution in [0, 0.1) is 0 Å². The van der Waals surface area contributed by atoms with Crippen LogP contribution in [0.4, 0.5) is 0 Å². The first-order valence-corrected chi connectivity index (χ1v) is 9.57. The minimum absolute atomic E-state index is 0.331. The zero-order chi connectivity index (χ0) is 19.6. The van der Waals surface area contributed by atoms with Gasteiger partial charge in [0.25, 0.3) is 0 Å². The first-order valence-electron chi connectivity index (χ1n) is 8.31. The summed E-state index contributed by atoms with van der Waals surface area (Å²) in [5, 5.41) is 16.8. The van der Waals surface area contributed by atoms with E-state index in [-0.39, 0.29) is 0 Å². The Balaban J connectivity index is 0.000000362. The van der Waals surface area contributed by atoms with Crippen LogP contribution in [-0.2, 0) is 0 Å². The molecule has 2 aromatic rings. The number of thiol groups is 2. The van der Waals surface area contributed by atoms with Crippen LogP contribution in [0.25, 0.3) is 0 Å². The number of unbranched alkanes of at least 4 members (excludes halogenated alkanes) is 3. The molecule has 0 unspecified atom stereocenters. The molecule has 0 bridgehead atoms. The Morgan fingerprint density at radius 1 is 0.615 bits per heavy atom. The van der Waals surface area contributed by atoms with Crippen molar-refractivity contribution >= 4 is 37.2 Å². The summed E-state index contributed by atoms with van der Waals surface area (Å²) >= 11 is 8.21. The molecule has 2 aromatic carbocycles. The van der Waals surface area contributed by atoms with Gasteiger partial charge in [-0.25, -0.2) is 9.59 Å². The van der Waals surface area contributed by atoms with E-state index in [2.05, 4.69) is 25.3 Å². The van der Waals surface area contributed by atoms with E-state index in [0.717, 1.165) is 11.5 Å². The molecule has 0 aliphatic carbocycles. The molecule has 4 nitrogen and oxygen atoms in total. The number of carbonyl (C=O) groups is 2. The normalized spacial score (nSPS) is 9.15. The Morgan fingerprint density at radius 3 is 1.12 bits per heavy atom. The van der Waals surface area contributed by atoms with Crippen molar-refractivity contribution in [2.45, 2.75) is 25.7 Å². The summed E-state index contributed by atoms with van der Waals surface area (Å²) in [5.74, 6) is 0.310. The summed E-state index contributed by atoms with van der Waals surface area (Å²) in [7, 11) is 0. The highest BCUT2D eigenvalue weighted by atomic mass is 32.1. The molecular weight excluding hydrogens is 368 g/mol. The molecule has 0 aliphatic heterocycles. The number of benzene rings is 2. The largest absolute Gasteiger partial charge is 0.478 e. The predicted octanol–water partition coefficient (Wildman–Crippen LogP) is 5.18. The van der Waals surface area contributed by atoms with E-state index in [1.807, 2.05) is 0 Å². The SMILES string of the molecule is O=C(O)c1ccccc1.O=C(O)c1ccccc1.SCCCCCCS. The summed E-state index contributed by atoms with van der Waals surface area (Å²) in [6.45, 7) is 0. The van der Waals surface area contributed by atoms with Crippen LogP contribution in [0.15, 0.2) is 60.7 Å². The third kappa shape index (κ3) is 13.4. The van der Waals surface area contributed by atoms with E-state index in [1.54, 1.807) is 60.7 Å². The van der Waals surface area contributed by atoms with E-state index in [1.165, 1.54) is 25.7 Å². The summed E-state index contributed by atoms with van der Waals surface area (Å²) in [6, 6.07) is 16.6. The van der Waals surface area contributed by atoms with Gasteiger partial charge < -0.3 is 10.2 Å². The van der Waals surface area contributed by atoms with Crippen LogP contribution in [0.5, 0.6) is 0 Å². The average Bonchev–Trinajstić information content (AvgIpc) is 2.68. The highest BCUT2D eigenvalue weighted by Gasteiger charge is 1.97. The molecule has 0 aromatic heterocycles. The fourth-order valence-electron chi connectivity index (χ4n) is 1.74. The molecule has 142 valence electrons. The molecule has 26 heavy (non-hydrogen) atoms. The maximum atomic E-state index is 10.2. The van der Waals surface area contributed by atoms with E-state index in [9.17, 15) is 9.59 Å². The molecule has 0 radical (unpaired) electrons. The third-order valence-electron chi connectivity index (χ3n) is 3.11. The van der Waals surface area contributed by atoms with Crippen LogP contribution in [0.1, 0.15) is 46.4 Å². The molecule has 6 heteroatoms. The lowest BCUT2D eigenvalue weighted by molar-refractivity contribution is 0.0686. The van der Waals surface area contributed by atoms with E-state index >= 15 is 0 Å². The van der Waals surface area contributed by atoms with Gasteiger partial charge in [0.15, 0.2) is 0 Å². The summed E-state index contributed by atoms with van der Waals surface area (Å²) in [4.78, 5) is 20.4. The fourth-order valence-corrected chi connectivity index (χ4v) is 2.19. The average molecular weight is 395 g/mol. The second-order valence-corrected chi connectivity index (χ2v) is 6.10. The van der Waals surface area contributed by atoms with Crippen molar-refractivity contribution in [1.82, 2.24) is 0 Å². The van der Waals surface area contributed by atoms with Crippen molar-refractivity contribution in [3.63, 3.8) is 0 Å². The van der Waals surface area contributed by atoms with Gasteiger partial charge in [0.1, 0.15) is 0 Å². The van der Waals surface area contributed by atoms with Crippen LogP contribution in [0.3, 0.4) is 0 Å². The first-order chi connectivity index (χ1) is 12.5. The van der Waals surface area contributed by atoms with Gasteiger partial charge >= 0.3 is 11.9 Å². The highest BCUT2D eigenvalue weighted by Crippen LogP contribution is 2.01. The van der Waals surface area contributed by atoms with Crippen molar-refractivity contribution in [1.29, 1.82) is 0 Å². The number of carboxylic acids is 2. The number of hydrogen-bond donors (Lipinski definition) is 4. The first kappa shape index (κ1) is 24.1. The predicted molar refractivity (Wildman–Crippen MR) is 113 cm³/mol. The van der Waals surface area contributed by atoms with Crippen molar-refractivity contribution in [2.24, 2.45) is 0 Å². The second-order valence-electron chi connectivity index (χ2n) is 5.20. The Kier molecular flexibility index (Phi) is 15.3. The molecule has 0 saturated carbocycles. The van der Waals surface area contributed by atoms with Crippen molar-refractivity contribution in [2.75, 3.05) is 11.5 Å². The number of hydrogen-bond acceptors (Lipinski definition) is 4. The Labute approximate surface area is 166 Å². The van der Waals surface area contributed by atoms with Gasteiger partial charge in [-0.05, 0) is 48.6 Å². The van der Waals surface area contributed by atoms with Gasteiger partial charge in [-0.3, -0.25) is 0 Å². The van der Waals surface area contributed by atoms with Gasteiger partial charge in [-0.1, -0.05) is 49.2 Å². The van der Waals surface area contributed by atoms with Crippen LogP contribution in [0.2, 0.25) is 0 Å². The minimum Gasteiger partial charge on any atom is -0.478 e. The molecule has 0 fully saturated rings. The maximum absolute atomic E-state index is 10.2. The van der Waals surface area contributed by atoms with Crippen LogP contribution >= 0.6 is 25.3 Å². The quantitative estimate of drug-likeness (QED) is 0.386. The topological polar surface area (TPSA) is 74.6 Å². The number of rotatable bonds is 7. The Morgan fingerprint density at radius 2 is 0.923 bits per heavy atom. The lowest BCUT2D eigenvalue weighted by Gasteiger charge is -1.93. The molecule has 0 atom stereocenters. The van der Waals surface area contributed by atoms with E-state index < -0.39 is 11.9 Å². The maximum Gasteiger partial charge on any atom is 0.335 e. The number of aromatic carboxylic acids is 2. The Hall–Kier alpha value is -1.92. The fraction of sp³-hybridized carbons (Fsp3) is 0.300. The van der Waals surface area contributed by atoms with E-state index in [0.29, 0.717) is 11.1 Å². The summed E-state index contributed by atoms with van der Waals surface area (Å²) < 4.78 is 0. The second kappa shape index (κ2) is 16.5. The number of carboxylic acid groups (broad SMARTS) is 2. The summed E-state index contributed by atoms with van der Waals surface area (Å²) in [5.41, 5.74) is 0.662. The van der Waals surface area contributed by atoms with E-state index in [4.69, 9.17) is 10.2 Å². The molecule has 0 saturated heterocycles. The van der Waals surface area contributed by atoms with Crippen molar-refractivity contribution in [3.8, 4) is 0 Å². The lowest BCUT2D eigenvalue weighted by Crippen LogP contribution is -1.93. The van der Waals surface area contributed by atoms with Gasteiger partial charge in [0, 0.05) is 0 Å². The standard InChI is InChI=1S/2C7H6O2.C6H14S2/c2*8-7(9)6-4-2-1-3-5-6;7-5-3-1-2-4-6-8/h2*1-5H,(H,8,9);7-8H,1-6H2. The molecule has 0 heterocycles. The molecule has 2 N–H and O–H groups in total. The molecule has 0 spiro atoms. The monoisotopic (exact) mass is 394 g/mol. The molecule has 0 aliphatic rings. The third-order valence-corrected chi connectivity index (χ3v) is 3.74. The molecular formula is C20H26O4S2. The molecule has 0 amide bonds. The lowest BCUT2D eigenvalue weighted by atomic mass is 10.2. The van der Waals surface area contributed by atoms with Gasteiger partial charge in [0.05, 0.1) is 11.1 Å². The molecule has 2 rings (SSSR count). The van der Waals surface area contributed by atoms with Crippen LogP contribution in [-0.4, -0.2) is 33.7 Å². The van der Waals surface area contributed by atoms with Crippen LogP contribution < -0.4 is 0 Å². The summed E-state index contributed by atoms with van der Waals surface area (Å²) in [6.07, 6.45) is 5.17.